The normalized spacial score (nSPS) is 15.9. The van der Waals surface area contributed by atoms with Gasteiger partial charge in [0.15, 0.2) is 0 Å². The van der Waals surface area contributed by atoms with E-state index in [4.69, 9.17) is 4.74 Å². The van der Waals surface area contributed by atoms with E-state index in [1.165, 1.54) is 4.90 Å². The third kappa shape index (κ3) is 3.65. The molecule has 1 rings (SSSR count). The molecule has 1 aliphatic rings. The topological polar surface area (TPSA) is 61.9 Å². The van der Waals surface area contributed by atoms with Gasteiger partial charge in [-0.2, -0.15) is 0 Å². The molecule has 0 spiro atoms. The number of nitrogens with one attached hydrogen (secondary N) is 1. The fourth-order valence-corrected chi connectivity index (χ4v) is 1.26. The zero-order chi connectivity index (χ0) is 11.3. The largest absolute Gasteiger partial charge is 0.449 e. The molecule has 86 valence electrons. The van der Waals surface area contributed by atoms with Crippen LogP contribution in [0.4, 0.5) is 9.59 Å². The second kappa shape index (κ2) is 5.43. The molecule has 3 amide bonds. The third-order valence-electron chi connectivity index (χ3n) is 2.12. The highest BCUT2D eigenvalue weighted by Gasteiger charge is 2.18. The summed E-state index contributed by atoms with van der Waals surface area (Å²) in [6, 6.07) is -0.152. The summed E-state index contributed by atoms with van der Waals surface area (Å²) in [5.41, 5.74) is 0. The van der Waals surface area contributed by atoms with Crippen LogP contribution in [0.3, 0.4) is 0 Å². The molecule has 15 heavy (non-hydrogen) atoms. The number of ether oxygens (including phenoxy) is 1. The minimum atomic E-state index is -0.291. The van der Waals surface area contributed by atoms with E-state index in [1.54, 1.807) is 19.0 Å². The smallest absolute Gasteiger partial charge is 0.409 e. The van der Waals surface area contributed by atoms with E-state index in [0.717, 1.165) is 6.42 Å². The molecule has 0 aromatic rings. The Labute approximate surface area is 89.2 Å². The summed E-state index contributed by atoms with van der Waals surface area (Å²) in [7, 11) is 3.34. The first kappa shape index (κ1) is 11.6. The molecule has 1 saturated heterocycles. The van der Waals surface area contributed by atoms with Crippen LogP contribution in [-0.4, -0.2) is 62.3 Å². The molecule has 0 saturated carbocycles. The van der Waals surface area contributed by atoms with Crippen molar-refractivity contribution in [3.63, 3.8) is 0 Å². The molecule has 6 nitrogen and oxygen atoms in total. The lowest BCUT2D eigenvalue weighted by molar-refractivity contribution is 0.0734. The lowest BCUT2D eigenvalue weighted by Gasteiger charge is -2.26. The van der Waals surface area contributed by atoms with Crippen LogP contribution >= 0.6 is 0 Å². The van der Waals surface area contributed by atoms with E-state index in [1.807, 2.05) is 0 Å². The average molecular weight is 215 g/mol. The first-order valence-electron chi connectivity index (χ1n) is 4.98. The standard InChI is InChI=1S/C9H17N3O3/c1-11(2)8(13)10-4-6-12-5-3-7-15-9(12)14/h3-7H2,1-2H3,(H,10,13). The number of carbonyl (C=O) groups excluding carboxylic acids is 2. The number of amides is 3. The van der Waals surface area contributed by atoms with Gasteiger partial charge in [0.1, 0.15) is 0 Å². The molecule has 0 bridgehead atoms. The number of nitrogens with zero attached hydrogens (tertiary/aromatic N) is 2. The van der Waals surface area contributed by atoms with Gasteiger partial charge in [-0.15, -0.1) is 0 Å². The number of hydrogen-bond acceptors (Lipinski definition) is 3. The van der Waals surface area contributed by atoms with Gasteiger partial charge in [-0.25, -0.2) is 9.59 Å². The summed E-state index contributed by atoms with van der Waals surface area (Å²) in [6.45, 7) is 2.15. The highest BCUT2D eigenvalue weighted by molar-refractivity contribution is 5.73. The van der Waals surface area contributed by atoms with Gasteiger partial charge < -0.3 is 19.9 Å². The van der Waals surface area contributed by atoms with Gasteiger partial charge in [-0.1, -0.05) is 0 Å². The van der Waals surface area contributed by atoms with Crippen molar-refractivity contribution in [2.75, 3.05) is 40.3 Å². The molecule has 0 aromatic carbocycles. The summed E-state index contributed by atoms with van der Waals surface area (Å²) in [5.74, 6) is 0. The first-order chi connectivity index (χ1) is 7.11. The summed E-state index contributed by atoms with van der Waals surface area (Å²) in [4.78, 5) is 25.4. The highest BCUT2D eigenvalue weighted by Crippen LogP contribution is 2.02. The maximum absolute atomic E-state index is 11.2. The minimum Gasteiger partial charge on any atom is -0.449 e. The van der Waals surface area contributed by atoms with Crippen LogP contribution in [0.5, 0.6) is 0 Å². The Morgan fingerprint density at radius 1 is 1.60 bits per heavy atom. The number of rotatable bonds is 3. The van der Waals surface area contributed by atoms with Crippen LogP contribution in [-0.2, 0) is 4.74 Å². The van der Waals surface area contributed by atoms with Crippen LogP contribution in [0.15, 0.2) is 0 Å². The SMILES string of the molecule is CN(C)C(=O)NCCN1CCCOC1=O. The lowest BCUT2D eigenvalue weighted by Crippen LogP contribution is -2.44. The molecular formula is C9H17N3O3. The quantitative estimate of drug-likeness (QED) is 0.726. The molecule has 0 aromatic heterocycles. The van der Waals surface area contributed by atoms with Gasteiger partial charge in [0.05, 0.1) is 6.61 Å². The van der Waals surface area contributed by atoms with E-state index in [2.05, 4.69) is 5.32 Å². The van der Waals surface area contributed by atoms with Crippen LogP contribution in [0, 0.1) is 0 Å². The molecule has 1 N–H and O–H groups in total. The molecule has 1 fully saturated rings. The molecule has 0 aliphatic carbocycles. The van der Waals surface area contributed by atoms with Crippen LogP contribution < -0.4 is 5.32 Å². The van der Waals surface area contributed by atoms with Crippen molar-refractivity contribution in [1.29, 1.82) is 0 Å². The van der Waals surface area contributed by atoms with Crippen molar-refractivity contribution in [3.8, 4) is 0 Å². The Bertz CT molecular complexity index is 243. The first-order valence-corrected chi connectivity index (χ1v) is 4.98. The monoisotopic (exact) mass is 215 g/mol. The third-order valence-corrected chi connectivity index (χ3v) is 2.12. The van der Waals surface area contributed by atoms with Crippen molar-refractivity contribution >= 4 is 12.1 Å². The Morgan fingerprint density at radius 3 is 2.93 bits per heavy atom. The van der Waals surface area contributed by atoms with Crippen molar-refractivity contribution in [2.45, 2.75) is 6.42 Å². The van der Waals surface area contributed by atoms with Crippen molar-refractivity contribution in [1.82, 2.24) is 15.1 Å². The van der Waals surface area contributed by atoms with Crippen LogP contribution in [0.1, 0.15) is 6.42 Å². The number of cyclic esters (lactones) is 1. The van der Waals surface area contributed by atoms with Gasteiger partial charge in [0.25, 0.3) is 0 Å². The van der Waals surface area contributed by atoms with Crippen molar-refractivity contribution in [3.05, 3.63) is 0 Å². The zero-order valence-corrected chi connectivity index (χ0v) is 9.15. The molecule has 1 aliphatic heterocycles. The fourth-order valence-electron chi connectivity index (χ4n) is 1.26. The second-order valence-corrected chi connectivity index (χ2v) is 3.58. The van der Waals surface area contributed by atoms with Gasteiger partial charge in [-0.05, 0) is 6.42 Å². The van der Waals surface area contributed by atoms with E-state index in [0.29, 0.717) is 26.2 Å². The molecule has 0 atom stereocenters. The minimum absolute atomic E-state index is 0.152. The van der Waals surface area contributed by atoms with Crippen LogP contribution in [0.25, 0.3) is 0 Å². The molecule has 0 unspecified atom stereocenters. The van der Waals surface area contributed by atoms with E-state index in [-0.39, 0.29) is 12.1 Å². The fraction of sp³-hybridized carbons (Fsp3) is 0.778. The van der Waals surface area contributed by atoms with Gasteiger partial charge in [-0.3, -0.25) is 0 Å². The van der Waals surface area contributed by atoms with E-state index in [9.17, 15) is 9.59 Å². The predicted octanol–water partition coefficient (Wildman–Crippen LogP) is 0.0999. The molecular weight excluding hydrogens is 198 g/mol. The average Bonchev–Trinajstić information content (AvgIpc) is 2.20. The van der Waals surface area contributed by atoms with Crippen LogP contribution in [0.2, 0.25) is 0 Å². The number of urea groups is 1. The molecule has 6 heteroatoms. The van der Waals surface area contributed by atoms with Crippen molar-refractivity contribution < 1.29 is 14.3 Å². The summed E-state index contributed by atoms with van der Waals surface area (Å²) in [5, 5.41) is 2.69. The van der Waals surface area contributed by atoms with Gasteiger partial charge in [0.2, 0.25) is 0 Å². The Balaban J connectivity index is 2.19. The summed E-state index contributed by atoms with van der Waals surface area (Å²) >= 11 is 0. The Hall–Kier alpha value is -1.46. The second-order valence-electron chi connectivity index (χ2n) is 3.58. The summed E-state index contributed by atoms with van der Waals surface area (Å²) < 4.78 is 4.86. The number of carbonyl (C=O) groups is 2. The lowest BCUT2D eigenvalue weighted by atomic mass is 10.3. The maximum atomic E-state index is 11.2. The Morgan fingerprint density at radius 2 is 2.33 bits per heavy atom. The highest BCUT2D eigenvalue weighted by atomic mass is 16.6. The molecule has 0 radical (unpaired) electrons. The van der Waals surface area contributed by atoms with Crippen molar-refractivity contribution in [2.24, 2.45) is 0 Å². The number of hydrogen-bond donors (Lipinski definition) is 1. The molecule has 1 heterocycles. The maximum Gasteiger partial charge on any atom is 0.409 e. The predicted molar refractivity (Wildman–Crippen MR) is 54.6 cm³/mol. The zero-order valence-electron chi connectivity index (χ0n) is 9.15. The Kier molecular flexibility index (Phi) is 4.20. The summed E-state index contributed by atoms with van der Waals surface area (Å²) in [6.07, 6.45) is 0.563. The van der Waals surface area contributed by atoms with E-state index < -0.39 is 0 Å². The van der Waals surface area contributed by atoms with E-state index >= 15 is 0 Å². The van der Waals surface area contributed by atoms with Gasteiger partial charge >= 0.3 is 12.1 Å². The van der Waals surface area contributed by atoms with Gasteiger partial charge in [0, 0.05) is 33.7 Å².